The molecule has 1 aliphatic carbocycles. The van der Waals surface area contributed by atoms with Crippen molar-refractivity contribution in [3.8, 4) is 0 Å². The number of fused-ring (bicyclic) bond motifs is 2. The summed E-state index contributed by atoms with van der Waals surface area (Å²) in [5.74, 6) is 4.06. The maximum atomic E-state index is 3.50. The minimum atomic E-state index is 0.731. The molecule has 22 heavy (non-hydrogen) atoms. The summed E-state index contributed by atoms with van der Waals surface area (Å²) in [4.78, 5) is 6.32. The molecule has 2 heterocycles. The molecule has 2 aromatic rings. The summed E-state index contributed by atoms with van der Waals surface area (Å²) in [6, 6.07) is 7.62. The van der Waals surface area contributed by atoms with Crippen molar-refractivity contribution in [1.82, 2.24) is 9.88 Å². The van der Waals surface area contributed by atoms with Crippen molar-refractivity contribution in [3.05, 3.63) is 35.5 Å². The van der Waals surface area contributed by atoms with E-state index in [0.29, 0.717) is 0 Å². The molecule has 1 aliphatic heterocycles. The minimum absolute atomic E-state index is 0.731. The SMILES string of the molecule is CCCN1CC(C[Se]C)CC2c3cccc4[nH]cc(c34)CC21. The van der Waals surface area contributed by atoms with Crippen molar-refractivity contribution in [2.24, 2.45) is 5.92 Å². The van der Waals surface area contributed by atoms with Gasteiger partial charge in [-0.15, -0.1) is 0 Å². The van der Waals surface area contributed by atoms with Gasteiger partial charge in [-0.2, -0.15) is 0 Å². The molecule has 118 valence electrons. The number of hydrogen-bond donors (Lipinski definition) is 1. The van der Waals surface area contributed by atoms with Crippen molar-refractivity contribution in [2.75, 3.05) is 13.1 Å². The van der Waals surface area contributed by atoms with Gasteiger partial charge >= 0.3 is 140 Å². The number of benzene rings is 1. The molecule has 1 aromatic carbocycles. The number of H-pyrrole nitrogens is 1. The third-order valence-electron chi connectivity index (χ3n) is 5.57. The van der Waals surface area contributed by atoms with Gasteiger partial charge in [-0.05, 0) is 0 Å². The molecule has 0 saturated carbocycles. The summed E-state index contributed by atoms with van der Waals surface area (Å²) in [5.41, 5.74) is 4.51. The number of aromatic nitrogens is 1. The number of rotatable bonds is 4. The zero-order valence-electron chi connectivity index (χ0n) is 13.6. The number of nitrogens with zero attached hydrogens (tertiary/aromatic N) is 1. The third-order valence-corrected chi connectivity index (χ3v) is 7.26. The first-order valence-electron chi connectivity index (χ1n) is 8.63. The Balaban J connectivity index is 1.75. The number of aromatic amines is 1. The van der Waals surface area contributed by atoms with Gasteiger partial charge in [-0.25, -0.2) is 0 Å². The Hall–Kier alpha value is -0.761. The van der Waals surface area contributed by atoms with Crippen molar-refractivity contribution < 1.29 is 0 Å². The quantitative estimate of drug-likeness (QED) is 0.813. The molecule has 3 heteroatoms. The van der Waals surface area contributed by atoms with E-state index in [9.17, 15) is 0 Å². The Morgan fingerprint density at radius 1 is 1.36 bits per heavy atom. The number of likely N-dealkylation sites (tertiary alicyclic amines) is 1. The fourth-order valence-electron chi connectivity index (χ4n) is 4.80. The second-order valence-electron chi connectivity index (χ2n) is 7.01. The fourth-order valence-corrected chi connectivity index (χ4v) is 6.30. The van der Waals surface area contributed by atoms with E-state index in [4.69, 9.17) is 0 Å². The summed E-state index contributed by atoms with van der Waals surface area (Å²) in [6.07, 6.45) is 6.18. The number of piperidine rings is 1. The molecular formula is C19H26N2Se. The fraction of sp³-hybridized carbons (Fsp3) is 0.579. The standard InChI is InChI=1S/C19H26N2Se/c1-3-7-21-11-13(12-22-2)8-16-15-5-4-6-17-19(15)14(10-20-17)9-18(16)21/h4-6,10,13,16,18,20H,3,7-9,11-12H2,1-2H3. The van der Waals surface area contributed by atoms with Crippen molar-refractivity contribution in [1.29, 1.82) is 0 Å². The second-order valence-corrected chi connectivity index (χ2v) is 8.92. The van der Waals surface area contributed by atoms with Gasteiger partial charge in [0, 0.05) is 0 Å². The maximum absolute atomic E-state index is 3.50. The summed E-state index contributed by atoms with van der Waals surface area (Å²) in [7, 11) is 0. The van der Waals surface area contributed by atoms with Crippen molar-refractivity contribution in [3.63, 3.8) is 0 Å². The molecule has 4 rings (SSSR count). The molecule has 3 atom stereocenters. The molecule has 1 aromatic heterocycles. The van der Waals surface area contributed by atoms with Gasteiger partial charge in [-0.1, -0.05) is 0 Å². The topological polar surface area (TPSA) is 19.0 Å². The molecule has 2 aliphatic rings. The van der Waals surface area contributed by atoms with Gasteiger partial charge in [-0.3, -0.25) is 0 Å². The van der Waals surface area contributed by atoms with E-state index in [2.05, 4.69) is 47.0 Å². The average molecular weight is 361 g/mol. The normalized spacial score (nSPS) is 28.0. The molecule has 0 bridgehead atoms. The Bertz CT molecular complexity index is 662. The molecule has 3 unspecified atom stereocenters. The Labute approximate surface area is 139 Å². The predicted molar refractivity (Wildman–Crippen MR) is 94.9 cm³/mol. The number of nitrogens with one attached hydrogen (secondary N) is 1. The molecule has 0 spiro atoms. The van der Waals surface area contributed by atoms with Crippen LogP contribution in [-0.4, -0.2) is 44.0 Å². The van der Waals surface area contributed by atoms with Gasteiger partial charge < -0.3 is 0 Å². The van der Waals surface area contributed by atoms with Crippen molar-refractivity contribution in [2.45, 2.75) is 49.3 Å². The number of hydrogen-bond acceptors (Lipinski definition) is 1. The average Bonchev–Trinajstić information content (AvgIpc) is 2.94. The monoisotopic (exact) mass is 362 g/mol. The molecule has 1 saturated heterocycles. The van der Waals surface area contributed by atoms with Gasteiger partial charge in [0.25, 0.3) is 0 Å². The van der Waals surface area contributed by atoms with Crippen LogP contribution in [0.15, 0.2) is 24.4 Å². The van der Waals surface area contributed by atoms with E-state index in [-0.39, 0.29) is 0 Å². The Morgan fingerprint density at radius 2 is 2.27 bits per heavy atom. The molecule has 2 nitrogen and oxygen atoms in total. The summed E-state index contributed by atoms with van der Waals surface area (Å²) in [6.45, 7) is 4.93. The Morgan fingerprint density at radius 3 is 3.09 bits per heavy atom. The predicted octanol–water partition coefficient (Wildman–Crippen LogP) is 4.08. The van der Waals surface area contributed by atoms with Gasteiger partial charge in [0.15, 0.2) is 0 Å². The summed E-state index contributed by atoms with van der Waals surface area (Å²) >= 11 is 0.801. The molecule has 0 amide bonds. The zero-order chi connectivity index (χ0) is 15.1. The summed E-state index contributed by atoms with van der Waals surface area (Å²) in [5, 5.41) is 3.00. The van der Waals surface area contributed by atoms with Crippen molar-refractivity contribution >= 4 is 25.9 Å². The van der Waals surface area contributed by atoms with E-state index in [1.54, 1.807) is 16.5 Å². The van der Waals surface area contributed by atoms with Crippen LogP contribution in [0, 0.1) is 5.92 Å². The summed E-state index contributed by atoms with van der Waals surface area (Å²) < 4.78 is 0. The van der Waals surface area contributed by atoms with Gasteiger partial charge in [0.05, 0.1) is 0 Å². The van der Waals surface area contributed by atoms with Crippen LogP contribution in [0.4, 0.5) is 0 Å². The van der Waals surface area contributed by atoms with Crippen LogP contribution in [0.1, 0.15) is 36.8 Å². The van der Waals surface area contributed by atoms with E-state index in [0.717, 1.165) is 32.8 Å². The van der Waals surface area contributed by atoms with E-state index < -0.39 is 0 Å². The van der Waals surface area contributed by atoms with Gasteiger partial charge in [0.1, 0.15) is 0 Å². The van der Waals surface area contributed by atoms with Crippen LogP contribution in [-0.2, 0) is 6.42 Å². The van der Waals surface area contributed by atoms with Crippen LogP contribution in [0.25, 0.3) is 10.9 Å². The molecular weight excluding hydrogens is 335 g/mol. The van der Waals surface area contributed by atoms with Crippen LogP contribution in [0.5, 0.6) is 0 Å². The molecule has 1 N–H and O–H groups in total. The third kappa shape index (κ3) is 2.35. The second kappa shape index (κ2) is 6.03. The Kier molecular flexibility index (Phi) is 4.06. The van der Waals surface area contributed by atoms with Crippen LogP contribution in [0.3, 0.4) is 0 Å². The first-order chi connectivity index (χ1) is 10.8. The van der Waals surface area contributed by atoms with Crippen LogP contribution >= 0.6 is 0 Å². The van der Waals surface area contributed by atoms with E-state index in [1.807, 2.05) is 0 Å². The van der Waals surface area contributed by atoms with Crippen LogP contribution in [0.2, 0.25) is 11.1 Å². The van der Waals surface area contributed by atoms with E-state index >= 15 is 0 Å². The van der Waals surface area contributed by atoms with E-state index in [1.165, 1.54) is 43.2 Å². The molecule has 1 fully saturated rings. The van der Waals surface area contributed by atoms with Crippen LogP contribution < -0.4 is 0 Å². The zero-order valence-corrected chi connectivity index (χ0v) is 15.4. The van der Waals surface area contributed by atoms with Gasteiger partial charge in [0.2, 0.25) is 0 Å². The first-order valence-corrected chi connectivity index (χ1v) is 11.6. The molecule has 0 radical (unpaired) electrons. The first kappa shape index (κ1) is 14.8.